The highest BCUT2D eigenvalue weighted by Gasteiger charge is 2.18. The Labute approximate surface area is 207 Å². The number of esters is 1. The van der Waals surface area contributed by atoms with Crippen molar-refractivity contribution in [1.82, 2.24) is 4.98 Å². The molecule has 0 aliphatic carbocycles. The minimum atomic E-state index is -0.788. The summed E-state index contributed by atoms with van der Waals surface area (Å²) < 4.78 is 16.5. The molecule has 2 aromatic heterocycles. The summed E-state index contributed by atoms with van der Waals surface area (Å²) in [6.45, 7) is 5.53. The molecule has 4 rings (SSSR count). The first-order valence-corrected chi connectivity index (χ1v) is 11.5. The molecule has 2 aromatic carbocycles. The molecular formula is C28H26N2O6. The fourth-order valence-corrected chi connectivity index (χ4v) is 3.44. The van der Waals surface area contributed by atoms with Crippen molar-refractivity contribution in [3.63, 3.8) is 0 Å². The zero-order valence-electron chi connectivity index (χ0n) is 20.2. The maximum atomic E-state index is 12.9. The lowest BCUT2D eigenvalue weighted by atomic mass is 10.1. The number of anilines is 1. The van der Waals surface area contributed by atoms with E-state index in [0.717, 1.165) is 5.56 Å². The van der Waals surface area contributed by atoms with Gasteiger partial charge >= 0.3 is 11.6 Å². The minimum Gasteiger partial charge on any atom is -0.489 e. The topological polar surface area (TPSA) is 108 Å². The van der Waals surface area contributed by atoms with Gasteiger partial charge in [-0.2, -0.15) is 0 Å². The SMILES string of the molecule is Cc1ncc(COC(=O)C(C)C)c2cc(C(=O)Nc3ccc(OCc4ccccc4)cc3)c(=O)oc12. The summed E-state index contributed by atoms with van der Waals surface area (Å²) in [7, 11) is 0. The predicted molar refractivity (Wildman–Crippen MR) is 135 cm³/mol. The smallest absolute Gasteiger partial charge is 0.349 e. The second-order valence-electron chi connectivity index (χ2n) is 8.57. The van der Waals surface area contributed by atoms with Crippen LogP contribution in [0.5, 0.6) is 5.75 Å². The number of benzene rings is 2. The number of aromatic nitrogens is 1. The van der Waals surface area contributed by atoms with Gasteiger partial charge in [0.15, 0.2) is 5.58 Å². The molecule has 0 aliphatic heterocycles. The molecule has 1 amide bonds. The van der Waals surface area contributed by atoms with E-state index in [4.69, 9.17) is 13.9 Å². The quantitative estimate of drug-likeness (QED) is 0.348. The van der Waals surface area contributed by atoms with Gasteiger partial charge in [-0.1, -0.05) is 44.2 Å². The summed E-state index contributed by atoms with van der Waals surface area (Å²) in [6, 6.07) is 18.1. The fraction of sp³-hybridized carbons (Fsp3) is 0.214. The molecule has 0 unspecified atom stereocenters. The number of aryl methyl sites for hydroxylation is 1. The standard InChI is InChI=1S/C28H26N2O6/c1-17(2)27(32)35-16-20-14-29-18(3)25-23(20)13-24(28(33)36-25)26(31)30-21-9-11-22(12-10-21)34-15-19-7-5-4-6-8-19/h4-14,17H,15-16H2,1-3H3,(H,30,31). The van der Waals surface area contributed by atoms with E-state index in [1.807, 2.05) is 30.3 Å². The third-order valence-electron chi connectivity index (χ3n) is 5.48. The molecule has 0 spiro atoms. The first-order chi connectivity index (χ1) is 17.3. The number of nitrogens with one attached hydrogen (secondary N) is 1. The molecule has 0 atom stereocenters. The van der Waals surface area contributed by atoms with Crippen molar-refractivity contribution in [3.05, 3.63) is 99.7 Å². The highest BCUT2D eigenvalue weighted by atomic mass is 16.5. The van der Waals surface area contributed by atoms with Crippen LogP contribution in [0.3, 0.4) is 0 Å². The Morgan fingerprint density at radius 3 is 2.44 bits per heavy atom. The summed E-state index contributed by atoms with van der Waals surface area (Å²) in [5.74, 6) is -0.631. The summed E-state index contributed by atoms with van der Waals surface area (Å²) in [6.07, 6.45) is 1.54. The number of ether oxygens (including phenoxy) is 2. The van der Waals surface area contributed by atoms with E-state index in [2.05, 4.69) is 10.3 Å². The van der Waals surface area contributed by atoms with E-state index in [1.54, 1.807) is 51.2 Å². The van der Waals surface area contributed by atoms with Gasteiger partial charge in [-0.3, -0.25) is 14.6 Å². The molecule has 0 aliphatic rings. The first kappa shape index (κ1) is 24.7. The number of carbonyl (C=O) groups excluding carboxylic acids is 2. The highest BCUT2D eigenvalue weighted by molar-refractivity contribution is 6.05. The van der Waals surface area contributed by atoms with Crippen molar-refractivity contribution in [2.45, 2.75) is 34.0 Å². The fourth-order valence-electron chi connectivity index (χ4n) is 3.44. The van der Waals surface area contributed by atoms with Crippen molar-refractivity contribution in [2.75, 3.05) is 5.32 Å². The average Bonchev–Trinajstić information content (AvgIpc) is 2.88. The zero-order chi connectivity index (χ0) is 25.7. The molecule has 0 fully saturated rings. The van der Waals surface area contributed by atoms with Crippen LogP contribution in [0, 0.1) is 12.8 Å². The highest BCUT2D eigenvalue weighted by Crippen LogP contribution is 2.23. The van der Waals surface area contributed by atoms with E-state index in [0.29, 0.717) is 34.7 Å². The maximum Gasteiger partial charge on any atom is 0.349 e. The molecule has 4 aromatic rings. The first-order valence-electron chi connectivity index (χ1n) is 11.5. The molecule has 36 heavy (non-hydrogen) atoms. The van der Waals surface area contributed by atoms with Gasteiger partial charge in [0.25, 0.3) is 5.91 Å². The van der Waals surface area contributed by atoms with E-state index < -0.39 is 11.5 Å². The number of nitrogens with zero attached hydrogens (tertiary/aromatic N) is 1. The average molecular weight is 487 g/mol. The van der Waals surface area contributed by atoms with Crippen molar-refractivity contribution in [1.29, 1.82) is 0 Å². The van der Waals surface area contributed by atoms with E-state index >= 15 is 0 Å². The van der Waals surface area contributed by atoms with E-state index in [1.165, 1.54) is 6.07 Å². The lowest BCUT2D eigenvalue weighted by Crippen LogP contribution is -2.21. The van der Waals surface area contributed by atoms with Crippen LogP contribution in [0.4, 0.5) is 5.69 Å². The number of hydrogen-bond acceptors (Lipinski definition) is 7. The van der Waals surface area contributed by atoms with Crippen LogP contribution in [0.1, 0.15) is 41.0 Å². The molecular weight excluding hydrogens is 460 g/mol. The van der Waals surface area contributed by atoms with Gasteiger partial charge < -0.3 is 19.2 Å². The molecule has 1 N–H and O–H groups in total. The van der Waals surface area contributed by atoms with Crippen LogP contribution in [0.25, 0.3) is 11.0 Å². The molecule has 0 radical (unpaired) electrons. The predicted octanol–water partition coefficient (Wildman–Crippen LogP) is 5.03. The Kier molecular flexibility index (Phi) is 7.44. The van der Waals surface area contributed by atoms with Crippen LogP contribution in [0.2, 0.25) is 0 Å². The van der Waals surface area contributed by atoms with Gasteiger partial charge in [-0.15, -0.1) is 0 Å². The van der Waals surface area contributed by atoms with E-state index in [9.17, 15) is 14.4 Å². The van der Waals surface area contributed by atoms with Gasteiger partial charge in [0.1, 0.15) is 24.5 Å². The van der Waals surface area contributed by atoms with Crippen LogP contribution < -0.4 is 15.7 Å². The Morgan fingerprint density at radius 1 is 1.03 bits per heavy atom. The van der Waals surface area contributed by atoms with Gasteiger partial charge in [0, 0.05) is 22.8 Å². The molecule has 0 saturated heterocycles. The van der Waals surface area contributed by atoms with Gasteiger partial charge in [0.05, 0.1) is 11.6 Å². The largest absolute Gasteiger partial charge is 0.489 e. The molecule has 0 saturated carbocycles. The van der Waals surface area contributed by atoms with Crippen molar-refractivity contribution in [3.8, 4) is 5.75 Å². The van der Waals surface area contributed by atoms with Gasteiger partial charge in [0.2, 0.25) is 0 Å². The number of carbonyl (C=O) groups is 2. The van der Waals surface area contributed by atoms with E-state index in [-0.39, 0.29) is 29.6 Å². The van der Waals surface area contributed by atoms with Gasteiger partial charge in [-0.05, 0) is 42.8 Å². The second-order valence-corrected chi connectivity index (χ2v) is 8.57. The van der Waals surface area contributed by atoms with Crippen LogP contribution >= 0.6 is 0 Å². The lowest BCUT2D eigenvalue weighted by molar-refractivity contribution is -0.148. The molecule has 184 valence electrons. The Bertz CT molecular complexity index is 1440. The Balaban J connectivity index is 1.51. The Hall–Kier alpha value is -4.46. The minimum absolute atomic E-state index is 0.0555. The number of hydrogen-bond donors (Lipinski definition) is 1. The summed E-state index contributed by atoms with van der Waals surface area (Å²) in [5.41, 5.74) is 1.83. The number of rotatable bonds is 8. The normalized spacial score (nSPS) is 10.9. The maximum absolute atomic E-state index is 12.9. The summed E-state index contributed by atoms with van der Waals surface area (Å²) in [4.78, 5) is 41.6. The van der Waals surface area contributed by atoms with Crippen LogP contribution in [0.15, 0.2) is 76.1 Å². The lowest BCUT2D eigenvalue weighted by Gasteiger charge is -2.11. The molecule has 2 heterocycles. The number of fused-ring (bicyclic) bond motifs is 1. The second kappa shape index (κ2) is 10.9. The van der Waals surface area contributed by atoms with Crippen molar-refractivity contribution >= 4 is 28.5 Å². The molecule has 8 nitrogen and oxygen atoms in total. The van der Waals surface area contributed by atoms with Gasteiger partial charge in [-0.25, -0.2) is 4.79 Å². The summed E-state index contributed by atoms with van der Waals surface area (Å²) >= 11 is 0. The third kappa shape index (κ3) is 5.78. The number of pyridine rings is 1. The van der Waals surface area contributed by atoms with Crippen LogP contribution in [-0.2, 0) is 22.7 Å². The monoisotopic (exact) mass is 486 g/mol. The molecule has 8 heteroatoms. The van der Waals surface area contributed by atoms with Crippen molar-refractivity contribution in [2.24, 2.45) is 5.92 Å². The molecule has 0 bridgehead atoms. The number of amides is 1. The zero-order valence-corrected chi connectivity index (χ0v) is 20.2. The Morgan fingerprint density at radius 2 is 1.75 bits per heavy atom. The third-order valence-corrected chi connectivity index (χ3v) is 5.48. The van der Waals surface area contributed by atoms with Crippen LogP contribution in [-0.4, -0.2) is 16.9 Å². The van der Waals surface area contributed by atoms with Crippen molar-refractivity contribution < 1.29 is 23.5 Å². The summed E-state index contributed by atoms with van der Waals surface area (Å²) in [5, 5.41) is 3.19.